The molecular weight excluding hydrogens is 268 g/mol. The quantitative estimate of drug-likeness (QED) is 0.743. The molecule has 1 aliphatic carbocycles. The molecule has 122 valence electrons. The second kappa shape index (κ2) is 10.6. The summed E-state index contributed by atoms with van der Waals surface area (Å²) in [7, 11) is 0. The number of carbonyl (C=O) groups excluding carboxylic acids is 1. The van der Waals surface area contributed by atoms with Crippen molar-refractivity contribution in [1.29, 1.82) is 0 Å². The Bertz CT molecular complexity index is 309. The summed E-state index contributed by atoms with van der Waals surface area (Å²) < 4.78 is 0. The van der Waals surface area contributed by atoms with E-state index in [1.165, 1.54) is 44.9 Å². The van der Waals surface area contributed by atoms with Gasteiger partial charge in [0.05, 0.1) is 12.5 Å². The van der Waals surface area contributed by atoms with Gasteiger partial charge in [-0.3, -0.25) is 9.59 Å². The van der Waals surface area contributed by atoms with E-state index in [2.05, 4.69) is 5.32 Å². The number of nitrogens with two attached hydrogens (primary N) is 1. The largest absolute Gasteiger partial charge is 0.481 e. The minimum absolute atomic E-state index is 0.150. The molecule has 5 heteroatoms. The molecule has 1 rings (SSSR count). The van der Waals surface area contributed by atoms with Gasteiger partial charge in [0.1, 0.15) is 0 Å². The molecule has 1 fully saturated rings. The fourth-order valence-electron chi connectivity index (χ4n) is 2.90. The Hall–Kier alpha value is -1.10. The zero-order valence-corrected chi connectivity index (χ0v) is 13.0. The van der Waals surface area contributed by atoms with Gasteiger partial charge in [-0.2, -0.15) is 0 Å². The van der Waals surface area contributed by atoms with Gasteiger partial charge in [0, 0.05) is 6.04 Å². The first-order valence-corrected chi connectivity index (χ1v) is 8.37. The van der Waals surface area contributed by atoms with Gasteiger partial charge in [-0.1, -0.05) is 57.8 Å². The zero-order valence-electron chi connectivity index (χ0n) is 13.0. The van der Waals surface area contributed by atoms with Crippen LogP contribution in [-0.2, 0) is 9.59 Å². The summed E-state index contributed by atoms with van der Waals surface area (Å²) in [5, 5.41) is 11.6. The van der Waals surface area contributed by atoms with Crippen molar-refractivity contribution in [3.05, 3.63) is 0 Å². The number of amides is 1. The molecule has 0 aromatic carbocycles. The average molecular weight is 298 g/mol. The van der Waals surface area contributed by atoms with E-state index in [1.54, 1.807) is 0 Å². The first-order valence-electron chi connectivity index (χ1n) is 8.37. The van der Waals surface area contributed by atoms with Gasteiger partial charge >= 0.3 is 5.97 Å². The number of hydrogen-bond acceptors (Lipinski definition) is 3. The van der Waals surface area contributed by atoms with Crippen LogP contribution in [0.1, 0.15) is 77.0 Å². The van der Waals surface area contributed by atoms with Crippen LogP contribution in [0.2, 0.25) is 0 Å². The summed E-state index contributed by atoms with van der Waals surface area (Å²) in [4.78, 5) is 22.5. The number of hydrogen-bond donors (Lipinski definition) is 3. The summed E-state index contributed by atoms with van der Waals surface area (Å²) >= 11 is 0. The van der Waals surface area contributed by atoms with Crippen LogP contribution >= 0.6 is 0 Å². The maximum absolute atomic E-state index is 11.9. The number of carboxylic acids is 1. The summed E-state index contributed by atoms with van der Waals surface area (Å²) in [6, 6.07) is -0.791. The van der Waals surface area contributed by atoms with Gasteiger partial charge in [0.15, 0.2) is 0 Å². The second-order valence-electron chi connectivity index (χ2n) is 6.17. The molecule has 0 bridgehead atoms. The van der Waals surface area contributed by atoms with Crippen molar-refractivity contribution in [3.8, 4) is 0 Å². The monoisotopic (exact) mass is 298 g/mol. The molecule has 1 atom stereocenters. The van der Waals surface area contributed by atoms with Crippen LogP contribution in [-0.4, -0.2) is 29.1 Å². The Morgan fingerprint density at radius 1 is 0.952 bits per heavy atom. The molecule has 0 saturated heterocycles. The molecular formula is C16H30N2O3. The van der Waals surface area contributed by atoms with E-state index in [1.807, 2.05) is 0 Å². The molecule has 1 aliphatic rings. The standard InChI is InChI=1S/C16H30N2O3/c17-14(12-15(19)20)16(21)18-13-10-8-6-4-2-1-3-5-7-9-11-13/h13-14H,1-12,17H2,(H,18,21)(H,19,20)/t14-/m0/s1. The second-order valence-corrected chi connectivity index (χ2v) is 6.17. The van der Waals surface area contributed by atoms with E-state index in [9.17, 15) is 9.59 Å². The van der Waals surface area contributed by atoms with E-state index in [0.717, 1.165) is 25.7 Å². The van der Waals surface area contributed by atoms with Gasteiger partial charge in [0.2, 0.25) is 5.91 Å². The van der Waals surface area contributed by atoms with Crippen molar-refractivity contribution < 1.29 is 14.7 Å². The van der Waals surface area contributed by atoms with Gasteiger partial charge < -0.3 is 16.2 Å². The molecule has 0 spiro atoms. The van der Waals surface area contributed by atoms with Crippen LogP contribution in [0.3, 0.4) is 0 Å². The van der Waals surface area contributed by atoms with Gasteiger partial charge in [0.25, 0.3) is 0 Å². The Labute approximate surface area is 127 Å². The van der Waals surface area contributed by atoms with Crippen molar-refractivity contribution in [1.82, 2.24) is 5.32 Å². The topological polar surface area (TPSA) is 92.4 Å². The lowest BCUT2D eigenvalue weighted by Gasteiger charge is -2.21. The number of nitrogens with one attached hydrogen (secondary N) is 1. The lowest BCUT2D eigenvalue weighted by atomic mass is 9.97. The SMILES string of the molecule is N[C@@H](CC(=O)O)C(=O)NC1CCCCCCCCCCC1. The van der Waals surface area contributed by atoms with E-state index in [-0.39, 0.29) is 18.4 Å². The minimum atomic E-state index is -1.03. The molecule has 0 aliphatic heterocycles. The third-order valence-corrected chi connectivity index (χ3v) is 4.18. The van der Waals surface area contributed by atoms with Crippen LogP contribution < -0.4 is 11.1 Å². The van der Waals surface area contributed by atoms with Crippen LogP contribution in [0.4, 0.5) is 0 Å². The summed E-state index contributed by atoms with van der Waals surface area (Å²) in [6.45, 7) is 0. The minimum Gasteiger partial charge on any atom is -0.481 e. The molecule has 0 unspecified atom stereocenters. The highest BCUT2D eigenvalue weighted by Gasteiger charge is 2.20. The Morgan fingerprint density at radius 2 is 1.38 bits per heavy atom. The molecule has 4 N–H and O–H groups in total. The maximum atomic E-state index is 11.9. The van der Waals surface area contributed by atoms with Crippen molar-refractivity contribution in [2.24, 2.45) is 5.73 Å². The third kappa shape index (κ3) is 8.71. The zero-order chi connectivity index (χ0) is 15.5. The molecule has 0 radical (unpaired) electrons. The highest BCUT2D eigenvalue weighted by Crippen LogP contribution is 2.17. The van der Waals surface area contributed by atoms with Crippen LogP contribution in [0, 0.1) is 0 Å². The smallest absolute Gasteiger partial charge is 0.305 e. The van der Waals surface area contributed by atoms with E-state index < -0.39 is 12.0 Å². The predicted octanol–water partition coefficient (Wildman–Crippen LogP) is 2.58. The van der Waals surface area contributed by atoms with Gasteiger partial charge in [-0.15, -0.1) is 0 Å². The molecule has 21 heavy (non-hydrogen) atoms. The Morgan fingerprint density at radius 3 is 1.81 bits per heavy atom. The summed E-state index contributed by atoms with van der Waals surface area (Å²) in [5.41, 5.74) is 5.61. The van der Waals surface area contributed by atoms with E-state index >= 15 is 0 Å². The van der Waals surface area contributed by atoms with E-state index in [0.29, 0.717) is 0 Å². The lowest BCUT2D eigenvalue weighted by Crippen LogP contribution is -2.46. The maximum Gasteiger partial charge on any atom is 0.305 e. The molecule has 0 heterocycles. The molecule has 1 saturated carbocycles. The molecule has 1 amide bonds. The average Bonchev–Trinajstić information content (AvgIpc) is 2.41. The fourth-order valence-corrected chi connectivity index (χ4v) is 2.90. The van der Waals surface area contributed by atoms with Crippen LogP contribution in [0.5, 0.6) is 0 Å². The van der Waals surface area contributed by atoms with Crippen molar-refractivity contribution >= 4 is 11.9 Å². The van der Waals surface area contributed by atoms with Crippen molar-refractivity contribution in [3.63, 3.8) is 0 Å². The Balaban J connectivity index is 2.39. The predicted molar refractivity (Wildman–Crippen MR) is 82.9 cm³/mol. The third-order valence-electron chi connectivity index (χ3n) is 4.18. The van der Waals surface area contributed by atoms with Crippen molar-refractivity contribution in [2.45, 2.75) is 89.1 Å². The number of carboxylic acid groups (broad SMARTS) is 1. The Kier molecular flexibility index (Phi) is 9.06. The van der Waals surface area contributed by atoms with Crippen LogP contribution in [0.15, 0.2) is 0 Å². The lowest BCUT2D eigenvalue weighted by molar-refractivity contribution is -0.139. The number of aliphatic carboxylic acids is 1. The first kappa shape index (κ1) is 18.0. The van der Waals surface area contributed by atoms with Crippen LogP contribution in [0.25, 0.3) is 0 Å². The molecule has 5 nitrogen and oxygen atoms in total. The highest BCUT2D eigenvalue weighted by atomic mass is 16.4. The van der Waals surface area contributed by atoms with E-state index in [4.69, 9.17) is 10.8 Å². The van der Waals surface area contributed by atoms with Gasteiger partial charge in [-0.25, -0.2) is 0 Å². The first-order chi connectivity index (χ1) is 10.1. The molecule has 0 aromatic rings. The van der Waals surface area contributed by atoms with Gasteiger partial charge in [-0.05, 0) is 12.8 Å². The fraction of sp³-hybridized carbons (Fsp3) is 0.875. The number of carbonyl (C=O) groups is 2. The molecule has 0 aromatic heterocycles. The van der Waals surface area contributed by atoms with Crippen molar-refractivity contribution in [2.75, 3.05) is 0 Å². The normalized spacial score (nSPS) is 20.8. The number of rotatable bonds is 4. The highest BCUT2D eigenvalue weighted by molar-refractivity contribution is 5.86. The summed E-state index contributed by atoms with van der Waals surface area (Å²) in [6.07, 6.45) is 12.9. The summed E-state index contributed by atoms with van der Waals surface area (Å²) in [5.74, 6) is -1.36.